The Balaban J connectivity index is 2.16. The fourth-order valence-corrected chi connectivity index (χ4v) is 2.40. The average molecular weight is 269 g/mol. The van der Waals surface area contributed by atoms with E-state index in [9.17, 15) is 4.79 Å². The number of pyridine rings is 1. The molecule has 0 aliphatic heterocycles. The third-order valence-corrected chi connectivity index (χ3v) is 3.60. The first-order valence-corrected chi connectivity index (χ1v) is 6.55. The number of aromatic nitrogens is 5. The molecular formula is C14H15N5O. The monoisotopic (exact) mass is 269 g/mol. The number of hydrogen-bond acceptors (Lipinski definition) is 4. The number of aryl methyl sites for hydroxylation is 2. The molecule has 0 amide bonds. The van der Waals surface area contributed by atoms with Crippen molar-refractivity contribution in [3.63, 3.8) is 0 Å². The van der Waals surface area contributed by atoms with Gasteiger partial charge < -0.3 is 4.98 Å². The predicted molar refractivity (Wildman–Crippen MR) is 75.7 cm³/mol. The van der Waals surface area contributed by atoms with Crippen LogP contribution in [0.4, 0.5) is 0 Å². The first-order chi connectivity index (χ1) is 9.69. The van der Waals surface area contributed by atoms with Crippen LogP contribution in [0.15, 0.2) is 23.0 Å². The van der Waals surface area contributed by atoms with Crippen LogP contribution in [0.5, 0.6) is 0 Å². The van der Waals surface area contributed by atoms with Crippen LogP contribution in [-0.2, 0) is 12.8 Å². The normalized spacial score (nSPS) is 11.1. The maximum Gasteiger partial charge on any atom is 0.252 e. The van der Waals surface area contributed by atoms with Crippen molar-refractivity contribution >= 4 is 10.9 Å². The molecule has 3 aromatic rings. The fourth-order valence-electron chi connectivity index (χ4n) is 2.40. The minimum Gasteiger partial charge on any atom is -0.322 e. The summed E-state index contributed by atoms with van der Waals surface area (Å²) >= 11 is 0. The Kier molecular flexibility index (Phi) is 3.06. The van der Waals surface area contributed by atoms with Crippen LogP contribution in [0.3, 0.4) is 0 Å². The van der Waals surface area contributed by atoms with Gasteiger partial charge in [-0.1, -0.05) is 24.3 Å². The SMILES string of the molecule is CCc1ccc2c(C)c(Cc3nn[nH]n3)c(=O)[nH]c2c1. The lowest BCUT2D eigenvalue weighted by Crippen LogP contribution is -2.16. The topological polar surface area (TPSA) is 87.3 Å². The molecule has 1 aromatic carbocycles. The molecule has 0 atom stereocenters. The van der Waals surface area contributed by atoms with Gasteiger partial charge in [-0.3, -0.25) is 4.79 Å². The maximum absolute atomic E-state index is 12.2. The first-order valence-electron chi connectivity index (χ1n) is 6.55. The van der Waals surface area contributed by atoms with E-state index in [2.05, 4.69) is 44.7 Å². The van der Waals surface area contributed by atoms with E-state index in [1.54, 1.807) is 0 Å². The van der Waals surface area contributed by atoms with Gasteiger partial charge in [0.05, 0.1) is 0 Å². The van der Waals surface area contributed by atoms with Gasteiger partial charge in [0.2, 0.25) is 0 Å². The molecule has 6 nitrogen and oxygen atoms in total. The molecule has 0 saturated carbocycles. The van der Waals surface area contributed by atoms with Crippen LogP contribution in [0, 0.1) is 6.92 Å². The van der Waals surface area contributed by atoms with Gasteiger partial charge in [-0.2, -0.15) is 5.21 Å². The van der Waals surface area contributed by atoms with Gasteiger partial charge in [0.15, 0.2) is 5.82 Å². The van der Waals surface area contributed by atoms with Gasteiger partial charge in [0, 0.05) is 22.9 Å². The molecule has 0 fully saturated rings. The summed E-state index contributed by atoms with van der Waals surface area (Å²) in [6, 6.07) is 6.17. The molecule has 0 aliphatic rings. The molecule has 2 aromatic heterocycles. The van der Waals surface area contributed by atoms with E-state index in [0.717, 1.165) is 22.9 Å². The summed E-state index contributed by atoms with van der Waals surface area (Å²) in [5.41, 5.74) is 3.65. The zero-order valence-corrected chi connectivity index (χ0v) is 11.4. The van der Waals surface area contributed by atoms with Crippen molar-refractivity contribution in [1.82, 2.24) is 25.6 Å². The molecule has 0 bridgehead atoms. The molecular weight excluding hydrogens is 254 g/mol. The van der Waals surface area contributed by atoms with Crippen molar-refractivity contribution in [2.24, 2.45) is 0 Å². The van der Waals surface area contributed by atoms with Gasteiger partial charge in [-0.15, -0.1) is 10.2 Å². The second kappa shape index (κ2) is 4.88. The zero-order valence-electron chi connectivity index (χ0n) is 11.4. The highest BCUT2D eigenvalue weighted by Gasteiger charge is 2.12. The third-order valence-electron chi connectivity index (χ3n) is 3.60. The standard InChI is InChI=1S/C14H15N5O/c1-3-9-4-5-10-8(2)11(7-13-16-18-19-17-13)14(20)15-12(10)6-9/h4-6H,3,7H2,1-2H3,(H,15,20)(H,16,17,18,19). The molecule has 0 aliphatic carbocycles. The van der Waals surface area contributed by atoms with Crippen molar-refractivity contribution in [2.45, 2.75) is 26.7 Å². The van der Waals surface area contributed by atoms with Crippen LogP contribution < -0.4 is 5.56 Å². The Morgan fingerprint density at radius 1 is 1.30 bits per heavy atom. The number of rotatable bonds is 3. The van der Waals surface area contributed by atoms with Crippen LogP contribution >= 0.6 is 0 Å². The van der Waals surface area contributed by atoms with Crippen molar-refractivity contribution in [1.29, 1.82) is 0 Å². The molecule has 0 unspecified atom stereocenters. The lowest BCUT2D eigenvalue weighted by Gasteiger charge is -2.08. The van der Waals surface area contributed by atoms with Gasteiger partial charge >= 0.3 is 0 Å². The highest BCUT2D eigenvalue weighted by Crippen LogP contribution is 2.20. The molecule has 2 heterocycles. The number of fused-ring (bicyclic) bond motifs is 1. The lowest BCUT2D eigenvalue weighted by atomic mass is 10.0. The van der Waals surface area contributed by atoms with Gasteiger partial charge in [0.25, 0.3) is 5.56 Å². The van der Waals surface area contributed by atoms with Gasteiger partial charge in [0.1, 0.15) is 0 Å². The van der Waals surface area contributed by atoms with E-state index in [-0.39, 0.29) is 5.56 Å². The Morgan fingerprint density at radius 3 is 2.85 bits per heavy atom. The number of aromatic amines is 2. The molecule has 6 heteroatoms. The van der Waals surface area contributed by atoms with Crippen molar-refractivity contribution in [2.75, 3.05) is 0 Å². The highest BCUT2D eigenvalue weighted by molar-refractivity contribution is 5.83. The number of hydrogen-bond donors (Lipinski definition) is 2. The largest absolute Gasteiger partial charge is 0.322 e. The third kappa shape index (κ3) is 2.09. The molecule has 20 heavy (non-hydrogen) atoms. The Labute approximate surface area is 115 Å². The van der Waals surface area contributed by atoms with Crippen molar-refractivity contribution < 1.29 is 0 Å². The van der Waals surface area contributed by atoms with E-state index in [1.165, 1.54) is 5.56 Å². The molecule has 2 N–H and O–H groups in total. The number of benzene rings is 1. The highest BCUT2D eigenvalue weighted by atomic mass is 16.1. The molecule has 0 spiro atoms. The molecule has 3 rings (SSSR count). The summed E-state index contributed by atoms with van der Waals surface area (Å²) in [5.74, 6) is 0.517. The summed E-state index contributed by atoms with van der Waals surface area (Å²) < 4.78 is 0. The summed E-state index contributed by atoms with van der Waals surface area (Å²) in [6.07, 6.45) is 1.32. The quantitative estimate of drug-likeness (QED) is 0.754. The van der Waals surface area contributed by atoms with E-state index < -0.39 is 0 Å². The second-order valence-corrected chi connectivity index (χ2v) is 4.80. The first kappa shape index (κ1) is 12.5. The summed E-state index contributed by atoms with van der Waals surface area (Å²) in [7, 11) is 0. The van der Waals surface area contributed by atoms with Crippen LogP contribution in [-0.4, -0.2) is 25.6 Å². The van der Waals surface area contributed by atoms with Gasteiger partial charge in [-0.25, -0.2) is 0 Å². The Hall–Kier alpha value is -2.50. The van der Waals surface area contributed by atoms with E-state index in [4.69, 9.17) is 0 Å². The minimum atomic E-state index is -0.0898. The summed E-state index contributed by atoms with van der Waals surface area (Å²) in [5, 5.41) is 14.8. The number of nitrogens with one attached hydrogen (secondary N) is 2. The smallest absolute Gasteiger partial charge is 0.252 e. The second-order valence-electron chi connectivity index (χ2n) is 4.80. The van der Waals surface area contributed by atoms with Crippen LogP contribution in [0.25, 0.3) is 10.9 Å². The van der Waals surface area contributed by atoms with Crippen molar-refractivity contribution in [3.8, 4) is 0 Å². The summed E-state index contributed by atoms with van der Waals surface area (Å²) in [4.78, 5) is 15.2. The Morgan fingerprint density at radius 2 is 2.15 bits per heavy atom. The zero-order chi connectivity index (χ0) is 14.1. The number of tetrazole rings is 1. The molecule has 0 radical (unpaired) electrons. The lowest BCUT2D eigenvalue weighted by molar-refractivity contribution is 0.881. The minimum absolute atomic E-state index is 0.0898. The maximum atomic E-state index is 12.2. The van der Waals surface area contributed by atoms with E-state index in [0.29, 0.717) is 17.8 Å². The predicted octanol–water partition coefficient (Wildman–Crippen LogP) is 1.50. The summed E-state index contributed by atoms with van der Waals surface area (Å²) in [6.45, 7) is 4.05. The molecule has 0 saturated heterocycles. The van der Waals surface area contributed by atoms with Crippen molar-refractivity contribution in [3.05, 3.63) is 51.1 Å². The number of H-pyrrole nitrogens is 2. The van der Waals surface area contributed by atoms with Crippen LogP contribution in [0.2, 0.25) is 0 Å². The average Bonchev–Trinajstić information content (AvgIpc) is 2.95. The molecule has 102 valence electrons. The Bertz CT molecular complexity index is 804. The van der Waals surface area contributed by atoms with E-state index >= 15 is 0 Å². The van der Waals surface area contributed by atoms with Gasteiger partial charge in [-0.05, 0) is 30.5 Å². The fraction of sp³-hybridized carbons (Fsp3) is 0.286. The number of nitrogens with zero attached hydrogens (tertiary/aromatic N) is 3. The van der Waals surface area contributed by atoms with E-state index in [1.807, 2.05) is 13.0 Å². The van der Waals surface area contributed by atoms with Crippen LogP contribution in [0.1, 0.15) is 29.4 Å².